The van der Waals surface area contributed by atoms with Gasteiger partial charge in [0.2, 0.25) is 0 Å². The van der Waals surface area contributed by atoms with Crippen molar-refractivity contribution in [2.45, 2.75) is 0 Å². The molecule has 7 nitrogen and oxygen atoms in total. The molecule has 2 fully saturated rings. The fraction of sp³-hybridized carbons (Fsp3) is 0.357. The normalized spacial score (nSPS) is 17.2. The predicted octanol–water partition coefficient (Wildman–Crippen LogP) is 4.00. The van der Waals surface area contributed by atoms with E-state index in [1.54, 1.807) is 0 Å². The van der Waals surface area contributed by atoms with Crippen LogP contribution in [0.25, 0.3) is 32.8 Å². The van der Waals surface area contributed by atoms with E-state index in [-0.39, 0.29) is 0 Å². The molecule has 0 atom stereocenters. The summed E-state index contributed by atoms with van der Waals surface area (Å²) in [5.41, 5.74) is 3.24. The Kier molecular flexibility index (Phi) is 6.45. The van der Waals surface area contributed by atoms with Crippen molar-refractivity contribution >= 4 is 27.5 Å². The molecule has 0 bridgehead atoms. The molecule has 1 aromatic heterocycles. The number of morpholine rings is 2. The van der Waals surface area contributed by atoms with E-state index in [1.807, 2.05) is 0 Å². The molecule has 0 radical (unpaired) electrons. The molecule has 4 aromatic rings. The molecule has 0 unspecified atom stereocenters. The summed E-state index contributed by atoms with van der Waals surface area (Å²) in [7, 11) is 0. The minimum Gasteiger partial charge on any atom is -0.462 e. The van der Waals surface area contributed by atoms with Gasteiger partial charge in [0.1, 0.15) is 12.4 Å². The third kappa shape index (κ3) is 4.93. The Morgan fingerprint density at radius 3 is 2.29 bits per heavy atom. The molecule has 0 saturated carbocycles. The second-order valence-corrected chi connectivity index (χ2v) is 9.03. The van der Waals surface area contributed by atoms with Crippen LogP contribution in [0, 0.1) is 0 Å². The SMILES string of the molecule is c1ccc2cc(-c3ccc4nc(OCCN5CCOCC5)nc(N5CCOCC5)c4c3)ccc2c1. The highest BCUT2D eigenvalue weighted by molar-refractivity contribution is 5.95. The maximum Gasteiger partial charge on any atom is 0.318 e. The van der Waals surface area contributed by atoms with Crippen molar-refractivity contribution in [3.05, 3.63) is 60.7 Å². The maximum atomic E-state index is 6.05. The lowest BCUT2D eigenvalue weighted by Gasteiger charge is -2.29. The summed E-state index contributed by atoms with van der Waals surface area (Å²) in [6.07, 6.45) is 0. The molecule has 3 aromatic carbocycles. The first kappa shape index (κ1) is 22.2. The Morgan fingerprint density at radius 1 is 0.743 bits per heavy atom. The summed E-state index contributed by atoms with van der Waals surface area (Å²) in [5.74, 6) is 0.919. The van der Waals surface area contributed by atoms with Crippen LogP contribution in [0.5, 0.6) is 6.01 Å². The molecule has 180 valence electrons. The Hall–Kier alpha value is -3.26. The fourth-order valence-corrected chi connectivity index (χ4v) is 4.81. The Labute approximate surface area is 205 Å². The number of hydrogen-bond acceptors (Lipinski definition) is 7. The monoisotopic (exact) mass is 470 g/mol. The molecular weight excluding hydrogens is 440 g/mol. The molecule has 2 saturated heterocycles. The van der Waals surface area contributed by atoms with E-state index in [0.29, 0.717) is 25.8 Å². The average molecular weight is 471 g/mol. The van der Waals surface area contributed by atoms with Crippen LogP contribution in [0.15, 0.2) is 60.7 Å². The molecule has 0 aliphatic carbocycles. The predicted molar refractivity (Wildman–Crippen MR) is 138 cm³/mol. The Balaban J connectivity index is 1.32. The van der Waals surface area contributed by atoms with Gasteiger partial charge in [0, 0.05) is 38.1 Å². The summed E-state index contributed by atoms with van der Waals surface area (Å²) in [6, 6.07) is 21.9. The molecule has 0 spiro atoms. The first-order chi connectivity index (χ1) is 17.3. The van der Waals surface area contributed by atoms with Crippen molar-refractivity contribution < 1.29 is 14.2 Å². The zero-order valence-electron chi connectivity index (χ0n) is 19.9. The maximum absolute atomic E-state index is 6.05. The largest absolute Gasteiger partial charge is 0.462 e. The summed E-state index contributed by atoms with van der Waals surface area (Å²) in [6.45, 7) is 7.87. The van der Waals surface area contributed by atoms with Gasteiger partial charge in [-0.3, -0.25) is 4.90 Å². The van der Waals surface area contributed by atoms with Crippen LogP contribution < -0.4 is 9.64 Å². The second-order valence-electron chi connectivity index (χ2n) is 9.03. The first-order valence-corrected chi connectivity index (χ1v) is 12.4. The molecule has 7 heteroatoms. The lowest BCUT2D eigenvalue weighted by Crippen LogP contribution is -2.39. The molecule has 0 N–H and O–H groups in total. The van der Waals surface area contributed by atoms with E-state index in [4.69, 9.17) is 24.2 Å². The van der Waals surface area contributed by atoms with Crippen molar-refractivity contribution in [3.63, 3.8) is 0 Å². The number of fused-ring (bicyclic) bond motifs is 2. The third-order valence-electron chi connectivity index (χ3n) is 6.79. The van der Waals surface area contributed by atoms with Gasteiger partial charge in [-0.1, -0.05) is 42.5 Å². The van der Waals surface area contributed by atoms with E-state index in [1.165, 1.54) is 16.3 Å². The van der Waals surface area contributed by atoms with Gasteiger partial charge in [0.25, 0.3) is 0 Å². The van der Waals surface area contributed by atoms with Crippen molar-refractivity contribution in [3.8, 4) is 17.1 Å². The third-order valence-corrected chi connectivity index (χ3v) is 6.79. The average Bonchev–Trinajstić information content (AvgIpc) is 2.93. The van der Waals surface area contributed by atoms with E-state index >= 15 is 0 Å². The highest BCUT2D eigenvalue weighted by atomic mass is 16.5. The molecule has 35 heavy (non-hydrogen) atoms. The lowest BCUT2D eigenvalue weighted by molar-refractivity contribution is 0.0317. The minimum atomic E-state index is 0.436. The quantitative estimate of drug-likeness (QED) is 0.422. The van der Waals surface area contributed by atoms with Crippen LogP contribution in [-0.2, 0) is 9.47 Å². The molecule has 3 heterocycles. The Bertz CT molecular complexity index is 1320. The molecule has 0 amide bonds. The van der Waals surface area contributed by atoms with Crippen LogP contribution in [0.1, 0.15) is 0 Å². The summed E-state index contributed by atoms with van der Waals surface area (Å²) in [4.78, 5) is 14.3. The fourth-order valence-electron chi connectivity index (χ4n) is 4.81. The number of nitrogens with zero attached hydrogens (tertiary/aromatic N) is 4. The van der Waals surface area contributed by atoms with Gasteiger partial charge in [-0.25, -0.2) is 0 Å². The number of ether oxygens (including phenoxy) is 3. The summed E-state index contributed by atoms with van der Waals surface area (Å²) < 4.78 is 17.1. The van der Waals surface area contributed by atoms with Gasteiger partial charge in [-0.15, -0.1) is 0 Å². The minimum absolute atomic E-state index is 0.436. The van der Waals surface area contributed by atoms with Gasteiger partial charge in [0.05, 0.1) is 31.9 Å². The van der Waals surface area contributed by atoms with Gasteiger partial charge in [-0.2, -0.15) is 9.97 Å². The zero-order valence-corrected chi connectivity index (χ0v) is 19.9. The van der Waals surface area contributed by atoms with Crippen molar-refractivity contribution in [1.82, 2.24) is 14.9 Å². The standard InChI is InChI=1S/C28H30N4O3/c1-2-4-22-19-23(6-5-21(22)3-1)24-7-8-26-25(20-24)27(32-12-16-34-17-13-32)30-28(29-26)35-18-11-31-9-14-33-15-10-31/h1-8,19-20H,9-18H2. The van der Waals surface area contributed by atoms with Gasteiger partial charge >= 0.3 is 6.01 Å². The smallest absolute Gasteiger partial charge is 0.318 e. The van der Waals surface area contributed by atoms with Crippen molar-refractivity contribution in [1.29, 1.82) is 0 Å². The van der Waals surface area contributed by atoms with Crippen molar-refractivity contribution in [2.75, 3.05) is 70.7 Å². The van der Waals surface area contributed by atoms with Crippen LogP contribution in [0.2, 0.25) is 0 Å². The Morgan fingerprint density at radius 2 is 1.46 bits per heavy atom. The van der Waals surface area contributed by atoms with E-state index in [2.05, 4.69) is 70.5 Å². The molecular formula is C28H30N4O3. The molecule has 6 rings (SSSR count). The van der Waals surface area contributed by atoms with Crippen LogP contribution >= 0.6 is 0 Å². The molecule has 2 aliphatic rings. The van der Waals surface area contributed by atoms with E-state index < -0.39 is 0 Å². The van der Waals surface area contributed by atoms with E-state index in [9.17, 15) is 0 Å². The van der Waals surface area contributed by atoms with Gasteiger partial charge in [0.15, 0.2) is 0 Å². The molecule has 2 aliphatic heterocycles. The van der Waals surface area contributed by atoms with Crippen molar-refractivity contribution in [2.24, 2.45) is 0 Å². The van der Waals surface area contributed by atoms with Crippen LogP contribution in [0.4, 0.5) is 5.82 Å². The summed E-state index contributed by atoms with van der Waals surface area (Å²) in [5, 5.41) is 3.52. The highest BCUT2D eigenvalue weighted by Gasteiger charge is 2.19. The zero-order chi connectivity index (χ0) is 23.5. The van der Waals surface area contributed by atoms with Crippen LogP contribution in [0.3, 0.4) is 0 Å². The highest BCUT2D eigenvalue weighted by Crippen LogP contribution is 2.32. The first-order valence-electron chi connectivity index (χ1n) is 12.4. The summed E-state index contributed by atoms with van der Waals surface area (Å²) >= 11 is 0. The topological polar surface area (TPSA) is 60.0 Å². The number of rotatable bonds is 6. The van der Waals surface area contributed by atoms with E-state index in [0.717, 1.165) is 68.2 Å². The van der Waals surface area contributed by atoms with Crippen LogP contribution in [-0.4, -0.2) is 80.6 Å². The number of anilines is 1. The lowest BCUT2D eigenvalue weighted by atomic mass is 10.00. The number of aromatic nitrogens is 2. The van der Waals surface area contributed by atoms with Gasteiger partial charge in [-0.05, 0) is 40.1 Å². The number of benzene rings is 3. The van der Waals surface area contributed by atoms with Gasteiger partial charge < -0.3 is 19.1 Å². The number of hydrogen-bond donors (Lipinski definition) is 0. The second kappa shape index (κ2) is 10.2.